The second kappa shape index (κ2) is 11.5. The number of likely N-dealkylation sites (tertiary alicyclic amines) is 1. The fraction of sp³-hybridized carbons (Fsp3) is 0.630. The maximum Gasteiger partial charge on any atom is 0.410 e. The van der Waals surface area contributed by atoms with Gasteiger partial charge in [0.05, 0.1) is 6.61 Å². The van der Waals surface area contributed by atoms with Gasteiger partial charge >= 0.3 is 6.09 Å². The van der Waals surface area contributed by atoms with Crippen LogP contribution in [0, 0.1) is 6.92 Å². The first-order valence-electron chi connectivity index (χ1n) is 12.7. The van der Waals surface area contributed by atoms with Gasteiger partial charge in [0.1, 0.15) is 11.4 Å². The van der Waals surface area contributed by atoms with Crippen molar-refractivity contribution in [1.82, 2.24) is 9.88 Å². The molecule has 1 aromatic heterocycles. The normalized spacial score (nSPS) is 19.9. The lowest BCUT2D eigenvalue weighted by Gasteiger charge is -2.35. The number of hydrogen-bond donors (Lipinski definition) is 1. The number of carbonyl (C=O) groups excluding carboxylic acids is 1. The maximum atomic E-state index is 12.6. The zero-order valence-electron chi connectivity index (χ0n) is 22.5. The SMILES string of the molecule is Cc1cnc(NC2CCCN(C(=O)OC(C)(C)C)C2)c2c1C(=CCOCC[Si](C)(C)C)CC=C2Cl. The molecule has 6 nitrogen and oxygen atoms in total. The minimum atomic E-state index is -1.10. The third-order valence-corrected chi connectivity index (χ3v) is 8.23. The summed E-state index contributed by atoms with van der Waals surface area (Å²) in [7, 11) is -1.10. The molecule has 1 aromatic rings. The van der Waals surface area contributed by atoms with Gasteiger partial charge in [-0.15, -0.1) is 0 Å². The fourth-order valence-corrected chi connectivity index (χ4v) is 5.37. The van der Waals surface area contributed by atoms with E-state index in [9.17, 15) is 4.79 Å². The predicted octanol–water partition coefficient (Wildman–Crippen LogP) is 6.92. The maximum absolute atomic E-state index is 12.6. The first-order valence-corrected chi connectivity index (χ1v) is 16.8. The van der Waals surface area contributed by atoms with Gasteiger partial charge < -0.3 is 19.7 Å². The Morgan fingerprint density at radius 2 is 2.06 bits per heavy atom. The van der Waals surface area contributed by atoms with Crippen LogP contribution < -0.4 is 5.32 Å². The van der Waals surface area contributed by atoms with Crippen molar-refractivity contribution in [2.75, 3.05) is 31.6 Å². The molecule has 1 atom stereocenters. The number of rotatable bonds is 7. The number of ether oxygens (including phenoxy) is 2. The lowest BCUT2D eigenvalue weighted by Crippen LogP contribution is -2.47. The summed E-state index contributed by atoms with van der Waals surface area (Å²) >= 11 is 6.74. The number of fused-ring (bicyclic) bond motifs is 1. The van der Waals surface area contributed by atoms with Crippen LogP contribution in [0.5, 0.6) is 0 Å². The van der Waals surface area contributed by atoms with Crippen LogP contribution in [-0.2, 0) is 9.47 Å². The van der Waals surface area contributed by atoms with E-state index >= 15 is 0 Å². The summed E-state index contributed by atoms with van der Waals surface area (Å²) in [6.45, 7) is 17.5. The molecule has 1 N–H and O–H groups in total. The first kappa shape index (κ1) is 27.7. The van der Waals surface area contributed by atoms with Crippen molar-refractivity contribution in [3.05, 3.63) is 35.0 Å². The highest BCUT2D eigenvalue weighted by Gasteiger charge is 2.29. The average Bonchev–Trinajstić information content (AvgIpc) is 2.75. The van der Waals surface area contributed by atoms with Crippen LogP contribution in [0.3, 0.4) is 0 Å². The number of piperidine rings is 1. The number of amides is 1. The van der Waals surface area contributed by atoms with E-state index in [2.05, 4.69) is 44.0 Å². The van der Waals surface area contributed by atoms with E-state index in [1.54, 1.807) is 4.90 Å². The molecular weight excluding hydrogens is 478 g/mol. The minimum absolute atomic E-state index is 0.0827. The van der Waals surface area contributed by atoms with Gasteiger partial charge in [0.25, 0.3) is 0 Å². The highest BCUT2D eigenvalue weighted by atomic mass is 35.5. The smallest absolute Gasteiger partial charge is 0.410 e. The quantitative estimate of drug-likeness (QED) is 0.313. The number of anilines is 1. The van der Waals surface area contributed by atoms with E-state index < -0.39 is 13.7 Å². The topological polar surface area (TPSA) is 63.7 Å². The van der Waals surface area contributed by atoms with Crippen molar-refractivity contribution >= 4 is 42.2 Å². The Morgan fingerprint density at radius 1 is 1.31 bits per heavy atom. The zero-order chi connectivity index (χ0) is 25.8. The van der Waals surface area contributed by atoms with E-state index in [4.69, 9.17) is 26.1 Å². The molecule has 8 heteroatoms. The average molecular weight is 520 g/mol. The number of nitrogens with zero attached hydrogens (tertiary/aromatic N) is 2. The summed E-state index contributed by atoms with van der Waals surface area (Å²) in [5.41, 5.74) is 3.90. The zero-order valence-corrected chi connectivity index (χ0v) is 24.2. The van der Waals surface area contributed by atoms with E-state index in [1.807, 2.05) is 27.0 Å². The predicted molar refractivity (Wildman–Crippen MR) is 149 cm³/mol. The molecule has 1 saturated heterocycles. The summed E-state index contributed by atoms with van der Waals surface area (Å²) in [5.74, 6) is 0.771. The number of nitrogens with one attached hydrogen (secondary N) is 1. The van der Waals surface area contributed by atoms with Gasteiger partial charge in [-0.2, -0.15) is 0 Å². The number of hydrogen-bond acceptors (Lipinski definition) is 5. The molecule has 1 aliphatic heterocycles. The molecule has 0 bridgehead atoms. The van der Waals surface area contributed by atoms with Crippen LogP contribution in [-0.4, -0.2) is 62.0 Å². The van der Waals surface area contributed by atoms with Crippen molar-refractivity contribution in [2.24, 2.45) is 0 Å². The molecule has 0 aromatic carbocycles. The second-order valence-corrected chi connectivity index (χ2v) is 17.8. The summed E-state index contributed by atoms with van der Waals surface area (Å²) in [6, 6.07) is 1.25. The first-order chi connectivity index (χ1) is 16.3. The summed E-state index contributed by atoms with van der Waals surface area (Å²) in [5, 5.41) is 4.31. The van der Waals surface area contributed by atoms with E-state index in [1.165, 1.54) is 5.57 Å². The Bertz CT molecular complexity index is 979. The molecule has 1 aliphatic carbocycles. The molecule has 0 saturated carbocycles. The van der Waals surface area contributed by atoms with Gasteiger partial charge in [0.2, 0.25) is 0 Å². The lowest BCUT2D eigenvalue weighted by molar-refractivity contribution is 0.0206. The number of allylic oxidation sites excluding steroid dienone is 2. The van der Waals surface area contributed by atoms with Crippen molar-refractivity contribution in [3.63, 3.8) is 0 Å². The molecule has 1 amide bonds. The fourth-order valence-electron chi connectivity index (χ4n) is 4.35. The van der Waals surface area contributed by atoms with Crippen LogP contribution in [0.4, 0.5) is 10.6 Å². The molecule has 1 unspecified atom stereocenters. The Kier molecular flexibility index (Phi) is 9.10. The van der Waals surface area contributed by atoms with Crippen LogP contribution in [0.1, 0.15) is 56.7 Å². The number of halogens is 1. The van der Waals surface area contributed by atoms with E-state index in [-0.39, 0.29) is 12.1 Å². The monoisotopic (exact) mass is 519 g/mol. The molecular formula is C27H42ClN3O3Si. The Labute approximate surface area is 217 Å². The van der Waals surface area contributed by atoms with E-state index in [0.717, 1.165) is 59.5 Å². The Morgan fingerprint density at radius 3 is 2.74 bits per heavy atom. The minimum Gasteiger partial charge on any atom is -0.444 e. The van der Waals surface area contributed by atoms with Gasteiger partial charge in [-0.25, -0.2) is 9.78 Å². The second-order valence-electron chi connectivity index (χ2n) is 11.8. The van der Waals surface area contributed by atoms with E-state index in [0.29, 0.717) is 19.7 Å². The largest absolute Gasteiger partial charge is 0.444 e. The third kappa shape index (κ3) is 8.09. The highest BCUT2D eigenvalue weighted by molar-refractivity contribution is 6.76. The molecule has 1 fully saturated rings. The van der Waals surface area contributed by atoms with Crippen LogP contribution in [0.15, 0.2) is 18.3 Å². The number of aryl methyl sites for hydroxylation is 1. The Balaban J connectivity index is 1.74. The molecule has 0 radical (unpaired) electrons. The summed E-state index contributed by atoms with van der Waals surface area (Å²) in [6.07, 6.45) is 8.53. The van der Waals surface area contributed by atoms with Crippen molar-refractivity contribution in [1.29, 1.82) is 0 Å². The van der Waals surface area contributed by atoms with Gasteiger partial charge in [0.15, 0.2) is 0 Å². The van der Waals surface area contributed by atoms with Crippen LogP contribution in [0.25, 0.3) is 10.6 Å². The molecule has 194 valence electrons. The number of aromatic nitrogens is 1. The number of pyridine rings is 1. The molecule has 2 heterocycles. The summed E-state index contributed by atoms with van der Waals surface area (Å²) < 4.78 is 11.5. The van der Waals surface area contributed by atoms with Gasteiger partial charge in [-0.1, -0.05) is 43.4 Å². The molecule has 3 rings (SSSR count). The van der Waals surface area contributed by atoms with Gasteiger partial charge in [-0.05, 0) is 69.7 Å². The Hall–Kier alpha value is -1.83. The molecule has 35 heavy (non-hydrogen) atoms. The van der Waals surface area contributed by atoms with Crippen LogP contribution in [0.2, 0.25) is 25.7 Å². The van der Waals surface area contributed by atoms with Crippen LogP contribution >= 0.6 is 11.6 Å². The summed E-state index contributed by atoms with van der Waals surface area (Å²) in [4.78, 5) is 19.1. The third-order valence-electron chi connectivity index (χ3n) is 6.19. The lowest BCUT2D eigenvalue weighted by atomic mass is 9.89. The van der Waals surface area contributed by atoms with Gasteiger partial charge in [0, 0.05) is 50.6 Å². The van der Waals surface area contributed by atoms with Gasteiger partial charge in [-0.3, -0.25) is 0 Å². The van der Waals surface area contributed by atoms with Crippen molar-refractivity contribution < 1.29 is 14.3 Å². The van der Waals surface area contributed by atoms with Crippen molar-refractivity contribution in [3.8, 4) is 0 Å². The molecule has 0 spiro atoms. The molecule has 2 aliphatic rings. The highest BCUT2D eigenvalue weighted by Crippen LogP contribution is 2.41. The number of carbonyl (C=O) groups is 1. The standard InChI is InChI=1S/C27H42ClN3O3Si/c1-19-17-29-25(30-21-9-8-13-31(18-21)26(32)34-27(2,3)4)24-22(28)11-10-20(23(19)24)12-14-33-15-16-35(5,6)7/h11-12,17,21H,8-10,13-16,18H2,1-7H3,(H,29,30). The van der Waals surface area contributed by atoms with Crippen molar-refractivity contribution in [2.45, 2.75) is 84.3 Å².